The number of allylic oxidation sites excluding steroid dienone is 1. The molecule has 0 saturated carbocycles. The lowest BCUT2D eigenvalue weighted by Crippen LogP contribution is -1.97. The van der Waals surface area contributed by atoms with Crippen LogP contribution in [0.3, 0.4) is 0 Å². The van der Waals surface area contributed by atoms with Crippen molar-refractivity contribution in [2.45, 2.75) is 26.3 Å². The fraction of sp³-hybridized carbons (Fsp3) is 0.385. The topological polar surface area (TPSA) is 21.9 Å². The Labute approximate surface area is 85.8 Å². The molecule has 74 valence electrons. The molecule has 1 aliphatic heterocycles. The Morgan fingerprint density at radius 3 is 2.79 bits per heavy atom. The summed E-state index contributed by atoms with van der Waals surface area (Å²) >= 11 is 0. The second-order valence-corrected chi connectivity index (χ2v) is 3.97. The van der Waals surface area contributed by atoms with Crippen LogP contribution < -0.4 is 5.32 Å². The van der Waals surface area contributed by atoms with E-state index >= 15 is 0 Å². The van der Waals surface area contributed by atoms with Crippen LogP contribution in [0.2, 0.25) is 0 Å². The molecule has 0 spiro atoms. The number of hydrogen-bond donors (Lipinski definition) is 1. The Balaban J connectivity index is 2.49. The van der Waals surface area contributed by atoms with Crippen LogP contribution in [0.5, 0.6) is 0 Å². The summed E-state index contributed by atoms with van der Waals surface area (Å²) in [6.45, 7) is 9.46. The van der Waals surface area contributed by atoms with Gasteiger partial charge < -0.3 is 5.32 Å². The van der Waals surface area contributed by atoms with Crippen molar-refractivity contribution in [3.05, 3.63) is 41.5 Å². The van der Waals surface area contributed by atoms with Gasteiger partial charge in [-0.15, -0.1) is 0 Å². The maximum absolute atomic E-state index is 4.03. The largest absolute Gasteiger partial charge is 0.307 e. The van der Waals surface area contributed by atoms with Gasteiger partial charge in [-0.25, -0.2) is 0 Å². The summed E-state index contributed by atoms with van der Waals surface area (Å²) in [7, 11) is 0. The zero-order valence-electron chi connectivity index (χ0n) is 8.93. The van der Waals surface area contributed by atoms with E-state index in [2.05, 4.69) is 43.9 Å². The lowest BCUT2D eigenvalue weighted by molar-refractivity contribution is 1.00. The molecule has 1 aliphatic rings. The Kier molecular flexibility index (Phi) is 2.42. The molecule has 2 rings (SSSR count). The molecular formula is C13H17N. The second-order valence-electron chi connectivity index (χ2n) is 3.97. The standard InChI is InChI=1S/C13H17N/c1-4-10-11(9(2)3)6-5-7-12(10)13-8-14-13/h5-7,13-14H,2,4,8H2,1,3H3. The third-order valence-electron chi connectivity index (χ3n) is 2.81. The van der Waals surface area contributed by atoms with Crippen LogP contribution in [-0.4, -0.2) is 6.54 Å². The van der Waals surface area contributed by atoms with Crippen molar-refractivity contribution in [2.75, 3.05) is 6.54 Å². The maximum atomic E-state index is 4.03. The van der Waals surface area contributed by atoms with Gasteiger partial charge in [-0.2, -0.15) is 0 Å². The average molecular weight is 187 g/mol. The Morgan fingerprint density at radius 2 is 2.29 bits per heavy atom. The van der Waals surface area contributed by atoms with E-state index in [1.807, 2.05) is 0 Å². The molecule has 1 nitrogen and oxygen atoms in total. The molecule has 0 aliphatic carbocycles. The Bertz CT molecular complexity index is 361. The molecule has 1 aromatic carbocycles. The van der Waals surface area contributed by atoms with Gasteiger partial charge in [0.15, 0.2) is 0 Å². The smallest absolute Gasteiger partial charge is 0.0450 e. The SMILES string of the molecule is C=C(C)c1cccc(C2CN2)c1CC. The van der Waals surface area contributed by atoms with Crippen molar-refractivity contribution in [1.82, 2.24) is 5.32 Å². The second kappa shape index (κ2) is 3.58. The summed E-state index contributed by atoms with van der Waals surface area (Å²) in [4.78, 5) is 0. The molecule has 0 aromatic heterocycles. The summed E-state index contributed by atoms with van der Waals surface area (Å²) in [5, 5.41) is 3.36. The predicted molar refractivity (Wildman–Crippen MR) is 61.3 cm³/mol. The monoisotopic (exact) mass is 187 g/mol. The molecule has 1 atom stereocenters. The van der Waals surface area contributed by atoms with Crippen LogP contribution in [0.25, 0.3) is 5.57 Å². The molecule has 1 fully saturated rings. The normalized spacial score (nSPS) is 19.4. The van der Waals surface area contributed by atoms with E-state index < -0.39 is 0 Å². The summed E-state index contributed by atoms with van der Waals surface area (Å²) in [6, 6.07) is 7.14. The highest BCUT2D eigenvalue weighted by Crippen LogP contribution is 2.30. The minimum atomic E-state index is 0.601. The van der Waals surface area contributed by atoms with E-state index in [4.69, 9.17) is 0 Å². The Morgan fingerprint density at radius 1 is 1.57 bits per heavy atom. The third-order valence-corrected chi connectivity index (χ3v) is 2.81. The van der Waals surface area contributed by atoms with Crippen molar-refractivity contribution in [3.8, 4) is 0 Å². The molecule has 1 unspecified atom stereocenters. The molecule has 1 heteroatoms. The van der Waals surface area contributed by atoms with Crippen LogP contribution in [0.1, 0.15) is 36.6 Å². The van der Waals surface area contributed by atoms with E-state index in [0.29, 0.717) is 6.04 Å². The zero-order valence-corrected chi connectivity index (χ0v) is 8.93. The number of hydrogen-bond acceptors (Lipinski definition) is 1. The number of rotatable bonds is 3. The molecule has 0 bridgehead atoms. The lowest BCUT2D eigenvalue weighted by Gasteiger charge is -2.12. The first-order chi connectivity index (χ1) is 6.74. The van der Waals surface area contributed by atoms with Crippen molar-refractivity contribution >= 4 is 5.57 Å². The molecule has 0 radical (unpaired) electrons. The van der Waals surface area contributed by atoms with Crippen LogP contribution in [0.15, 0.2) is 24.8 Å². The summed E-state index contributed by atoms with van der Waals surface area (Å²) in [6.07, 6.45) is 1.09. The van der Waals surface area contributed by atoms with E-state index in [9.17, 15) is 0 Å². The van der Waals surface area contributed by atoms with Crippen LogP contribution in [0.4, 0.5) is 0 Å². The number of nitrogens with one attached hydrogen (secondary N) is 1. The zero-order chi connectivity index (χ0) is 10.1. The maximum Gasteiger partial charge on any atom is 0.0450 e. The van der Waals surface area contributed by atoms with E-state index in [0.717, 1.165) is 13.0 Å². The van der Waals surface area contributed by atoms with E-state index in [-0.39, 0.29) is 0 Å². The third kappa shape index (κ3) is 1.60. The molecule has 14 heavy (non-hydrogen) atoms. The molecular weight excluding hydrogens is 170 g/mol. The first kappa shape index (κ1) is 9.47. The summed E-state index contributed by atoms with van der Waals surface area (Å²) in [5.74, 6) is 0. The molecule has 0 amide bonds. The highest BCUT2D eigenvalue weighted by molar-refractivity contribution is 5.66. The van der Waals surface area contributed by atoms with Crippen molar-refractivity contribution in [2.24, 2.45) is 0 Å². The predicted octanol–water partition coefficient (Wildman–Crippen LogP) is 2.93. The first-order valence-corrected chi connectivity index (χ1v) is 5.25. The van der Waals surface area contributed by atoms with Crippen molar-refractivity contribution < 1.29 is 0 Å². The average Bonchev–Trinajstić information content (AvgIpc) is 2.99. The first-order valence-electron chi connectivity index (χ1n) is 5.25. The van der Waals surface area contributed by atoms with E-state index in [1.54, 1.807) is 0 Å². The minimum absolute atomic E-state index is 0.601. The number of benzene rings is 1. The molecule has 1 N–H and O–H groups in total. The molecule has 1 saturated heterocycles. The van der Waals surface area contributed by atoms with Gasteiger partial charge in [-0.05, 0) is 30.0 Å². The van der Waals surface area contributed by atoms with Gasteiger partial charge in [0.2, 0.25) is 0 Å². The summed E-state index contributed by atoms with van der Waals surface area (Å²) in [5.41, 5.74) is 5.44. The van der Waals surface area contributed by atoms with E-state index in [1.165, 1.54) is 22.3 Å². The fourth-order valence-corrected chi connectivity index (χ4v) is 2.00. The van der Waals surface area contributed by atoms with Crippen molar-refractivity contribution in [3.63, 3.8) is 0 Å². The van der Waals surface area contributed by atoms with Gasteiger partial charge in [0.1, 0.15) is 0 Å². The van der Waals surface area contributed by atoms with Crippen molar-refractivity contribution in [1.29, 1.82) is 0 Å². The quantitative estimate of drug-likeness (QED) is 0.722. The van der Waals surface area contributed by atoms with Crippen LogP contribution in [0, 0.1) is 0 Å². The van der Waals surface area contributed by atoms with Gasteiger partial charge in [-0.1, -0.05) is 37.3 Å². The lowest BCUT2D eigenvalue weighted by atomic mass is 9.93. The molecule has 1 aromatic rings. The summed E-state index contributed by atoms with van der Waals surface area (Å²) < 4.78 is 0. The minimum Gasteiger partial charge on any atom is -0.307 e. The van der Waals surface area contributed by atoms with Gasteiger partial charge in [-0.3, -0.25) is 0 Å². The van der Waals surface area contributed by atoms with Crippen LogP contribution >= 0.6 is 0 Å². The van der Waals surface area contributed by atoms with Gasteiger partial charge >= 0.3 is 0 Å². The van der Waals surface area contributed by atoms with Gasteiger partial charge in [0, 0.05) is 12.6 Å². The highest BCUT2D eigenvalue weighted by atomic mass is 15.1. The van der Waals surface area contributed by atoms with Gasteiger partial charge in [0.25, 0.3) is 0 Å². The fourth-order valence-electron chi connectivity index (χ4n) is 2.00. The Hall–Kier alpha value is -1.08. The van der Waals surface area contributed by atoms with Gasteiger partial charge in [0.05, 0.1) is 0 Å². The highest BCUT2D eigenvalue weighted by Gasteiger charge is 2.25. The molecule has 1 heterocycles. The van der Waals surface area contributed by atoms with Crippen LogP contribution in [-0.2, 0) is 6.42 Å².